The molecule has 168 valence electrons. The molecule has 31 heavy (non-hydrogen) atoms. The first-order chi connectivity index (χ1) is 14.8. The molecule has 1 saturated heterocycles. The first kappa shape index (κ1) is 23.2. The first-order valence-corrected chi connectivity index (χ1v) is 12.1. The summed E-state index contributed by atoms with van der Waals surface area (Å²) in [6, 6.07) is 12.6. The number of likely N-dealkylation sites (N-methyl/N-ethyl adjacent to an activating group) is 1. The van der Waals surface area contributed by atoms with Gasteiger partial charge < -0.3 is 15.0 Å². The standard InChI is InChI=1S/C23H31N3O4S/c1-18-5-4-6-22(19(18)2)30-16-11-24-23(27)21-9-7-20(8-10-21)17-31(28,29)26-14-12-25(3)13-15-26/h4-10H,11-17H2,1-3H3,(H,24,27). The third-order valence-corrected chi connectivity index (χ3v) is 7.47. The van der Waals surface area contributed by atoms with Crippen LogP contribution in [0.5, 0.6) is 5.75 Å². The molecule has 1 fully saturated rings. The molecule has 0 aromatic heterocycles. The summed E-state index contributed by atoms with van der Waals surface area (Å²) in [5.74, 6) is 0.556. The number of ether oxygens (including phenoxy) is 1. The average molecular weight is 446 g/mol. The fraction of sp³-hybridized carbons (Fsp3) is 0.435. The summed E-state index contributed by atoms with van der Waals surface area (Å²) < 4.78 is 32.6. The molecule has 8 heteroatoms. The summed E-state index contributed by atoms with van der Waals surface area (Å²) in [6.07, 6.45) is 0. The van der Waals surface area contributed by atoms with Crippen LogP contribution >= 0.6 is 0 Å². The van der Waals surface area contributed by atoms with Gasteiger partial charge in [0.05, 0.1) is 12.3 Å². The minimum Gasteiger partial charge on any atom is -0.491 e. The molecule has 7 nitrogen and oxygen atoms in total. The number of benzene rings is 2. The van der Waals surface area contributed by atoms with Gasteiger partial charge in [-0.05, 0) is 55.8 Å². The Balaban J connectivity index is 1.48. The number of hydrogen-bond acceptors (Lipinski definition) is 5. The number of aryl methyl sites for hydroxylation is 1. The Labute approximate surface area is 185 Å². The highest BCUT2D eigenvalue weighted by Crippen LogP contribution is 2.20. The second-order valence-electron chi connectivity index (χ2n) is 7.96. The molecule has 1 aliphatic heterocycles. The van der Waals surface area contributed by atoms with Gasteiger partial charge in [-0.1, -0.05) is 24.3 Å². The molecule has 1 aliphatic rings. The van der Waals surface area contributed by atoms with Crippen molar-refractivity contribution in [2.24, 2.45) is 0 Å². The third kappa shape index (κ3) is 6.29. The van der Waals surface area contributed by atoms with Gasteiger partial charge in [0.25, 0.3) is 5.91 Å². The summed E-state index contributed by atoms with van der Waals surface area (Å²) in [4.78, 5) is 14.5. The Morgan fingerprint density at radius 2 is 1.71 bits per heavy atom. The number of nitrogens with zero attached hydrogens (tertiary/aromatic N) is 2. The molecule has 0 aliphatic carbocycles. The van der Waals surface area contributed by atoms with Crippen LogP contribution in [-0.4, -0.2) is 69.9 Å². The molecule has 0 atom stereocenters. The highest BCUT2D eigenvalue weighted by Gasteiger charge is 2.25. The lowest BCUT2D eigenvalue weighted by molar-refractivity contribution is 0.0947. The SMILES string of the molecule is Cc1cccc(OCCNC(=O)c2ccc(CS(=O)(=O)N3CCN(C)CC3)cc2)c1C. The van der Waals surface area contributed by atoms with Gasteiger partial charge in [-0.2, -0.15) is 4.31 Å². The van der Waals surface area contributed by atoms with E-state index in [-0.39, 0.29) is 11.7 Å². The molecule has 0 unspecified atom stereocenters. The molecule has 1 heterocycles. The number of carbonyl (C=O) groups excluding carboxylic acids is 1. The van der Waals surface area contributed by atoms with E-state index in [2.05, 4.69) is 10.2 Å². The number of piperazine rings is 1. The average Bonchev–Trinajstić information content (AvgIpc) is 2.74. The Bertz CT molecular complexity index is 998. The van der Waals surface area contributed by atoms with Crippen LogP contribution in [0, 0.1) is 13.8 Å². The molecule has 3 rings (SSSR count). The van der Waals surface area contributed by atoms with Crippen molar-refractivity contribution in [2.45, 2.75) is 19.6 Å². The van der Waals surface area contributed by atoms with E-state index in [1.165, 1.54) is 0 Å². The van der Waals surface area contributed by atoms with E-state index in [0.29, 0.717) is 37.4 Å². The van der Waals surface area contributed by atoms with Gasteiger partial charge >= 0.3 is 0 Å². The fourth-order valence-electron chi connectivity index (χ4n) is 3.43. The zero-order chi connectivity index (χ0) is 22.4. The highest BCUT2D eigenvalue weighted by molar-refractivity contribution is 7.88. The zero-order valence-corrected chi connectivity index (χ0v) is 19.2. The number of amides is 1. The van der Waals surface area contributed by atoms with E-state index in [1.807, 2.05) is 39.1 Å². The number of sulfonamides is 1. The highest BCUT2D eigenvalue weighted by atomic mass is 32.2. The fourth-order valence-corrected chi connectivity index (χ4v) is 4.94. The minimum absolute atomic E-state index is 0.0533. The van der Waals surface area contributed by atoms with Crippen molar-refractivity contribution in [3.05, 3.63) is 64.7 Å². The molecule has 0 bridgehead atoms. The van der Waals surface area contributed by atoms with Crippen LogP contribution in [0.25, 0.3) is 0 Å². The molecular weight excluding hydrogens is 414 g/mol. The van der Waals surface area contributed by atoms with E-state index in [1.54, 1.807) is 28.6 Å². The number of carbonyl (C=O) groups is 1. The van der Waals surface area contributed by atoms with Crippen molar-refractivity contribution in [3.8, 4) is 5.75 Å². The van der Waals surface area contributed by atoms with Gasteiger partial charge in [0.15, 0.2) is 0 Å². The summed E-state index contributed by atoms with van der Waals surface area (Å²) >= 11 is 0. The topological polar surface area (TPSA) is 78.9 Å². The predicted octanol–water partition coefficient (Wildman–Crippen LogP) is 2.19. The van der Waals surface area contributed by atoms with Crippen LogP contribution in [0.3, 0.4) is 0 Å². The van der Waals surface area contributed by atoms with Gasteiger partial charge in [-0.3, -0.25) is 4.79 Å². The number of hydrogen-bond donors (Lipinski definition) is 1. The maximum Gasteiger partial charge on any atom is 0.251 e. The van der Waals surface area contributed by atoms with E-state index in [4.69, 9.17) is 4.74 Å². The van der Waals surface area contributed by atoms with Crippen LogP contribution in [0.4, 0.5) is 0 Å². The van der Waals surface area contributed by atoms with Gasteiger partial charge in [0.1, 0.15) is 12.4 Å². The molecule has 2 aromatic carbocycles. The Morgan fingerprint density at radius 1 is 1.03 bits per heavy atom. The second kappa shape index (κ2) is 10.3. The van der Waals surface area contributed by atoms with Crippen LogP contribution in [-0.2, 0) is 15.8 Å². The largest absolute Gasteiger partial charge is 0.491 e. The van der Waals surface area contributed by atoms with Crippen molar-refractivity contribution in [1.82, 2.24) is 14.5 Å². The molecule has 0 radical (unpaired) electrons. The summed E-state index contributed by atoms with van der Waals surface area (Å²) in [7, 11) is -1.36. The van der Waals surface area contributed by atoms with Crippen molar-refractivity contribution >= 4 is 15.9 Å². The van der Waals surface area contributed by atoms with E-state index in [0.717, 1.165) is 30.0 Å². The van der Waals surface area contributed by atoms with E-state index >= 15 is 0 Å². The normalized spacial score (nSPS) is 15.6. The zero-order valence-electron chi connectivity index (χ0n) is 18.4. The second-order valence-corrected chi connectivity index (χ2v) is 9.93. The van der Waals surface area contributed by atoms with Gasteiger partial charge in [-0.15, -0.1) is 0 Å². The van der Waals surface area contributed by atoms with Crippen LogP contribution in [0.2, 0.25) is 0 Å². The van der Waals surface area contributed by atoms with Crippen molar-refractivity contribution in [3.63, 3.8) is 0 Å². The maximum atomic E-state index is 12.6. The third-order valence-electron chi connectivity index (χ3n) is 5.62. The molecule has 0 spiro atoms. The van der Waals surface area contributed by atoms with Crippen molar-refractivity contribution < 1.29 is 17.9 Å². The smallest absolute Gasteiger partial charge is 0.251 e. The first-order valence-electron chi connectivity index (χ1n) is 10.5. The van der Waals surface area contributed by atoms with Gasteiger partial charge in [-0.25, -0.2) is 8.42 Å². The lowest BCUT2D eigenvalue weighted by Gasteiger charge is -2.31. The summed E-state index contributed by atoms with van der Waals surface area (Å²) in [5.41, 5.74) is 3.42. The predicted molar refractivity (Wildman–Crippen MR) is 122 cm³/mol. The van der Waals surface area contributed by atoms with E-state index in [9.17, 15) is 13.2 Å². The van der Waals surface area contributed by atoms with Crippen LogP contribution in [0.1, 0.15) is 27.0 Å². The maximum absolute atomic E-state index is 12.6. The van der Waals surface area contributed by atoms with Crippen LogP contribution in [0.15, 0.2) is 42.5 Å². The lowest BCUT2D eigenvalue weighted by Crippen LogP contribution is -2.47. The van der Waals surface area contributed by atoms with Crippen LogP contribution < -0.4 is 10.1 Å². The molecular formula is C23H31N3O4S. The number of rotatable bonds is 8. The Hall–Kier alpha value is -2.42. The quantitative estimate of drug-likeness (QED) is 0.630. The van der Waals surface area contributed by atoms with E-state index < -0.39 is 10.0 Å². The summed E-state index contributed by atoms with van der Waals surface area (Å²) in [5, 5.41) is 2.83. The van der Waals surface area contributed by atoms with Gasteiger partial charge in [0, 0.05) is 31.7 Å². The molecule has 0 saturated carbocycles. The molecule has 1 N–H and O–H groups in total. The van der Waals surface area contributed by atoms with Crippen molar-refractivity contribution in [2.75, 3.05) is 46.4 Å². The lowest BCUT2D eigenvalue weighted by atomic mass is 10.1. The molecule has 1 amide bonds. The monoisotopic (exact) mass is 445 g/mol. The number of nitrogens with one attached hydrogen (secondary N) is 1. The van der Waals surface area contributed by atoms with Crippen molar-refractivity contribution in [1.29, 1.82) is 0 Å². The Morgan fingerprint density at radius 3 is 2.39 bits per heavy atom. The Kier molecular flexibility index (Phi) is 7.69. The van der Waals surface area contributed by atoms with Gasteiger partial charge in [0.2, 0.25) is 10.0 Å². The minimum atomic E-state index is -3.35. The summed E-state index contributed by atoms with van der Waals surface area (Å²) in [6.45, 7) is 7.31. The molecule has 2 aromatic rings.